The summed E-state index contributed by atoms with van der Waals surface area (Å²) in [6.07, 6.45) is -0.460. The fraction of sp³-hybridized carbons (Fsp3) is 0.667. The van der Waals surface area contributed by atoms with Crippen molar-refractivity contribution in [2.45, 2.75) is 19.8 Å². The van der Waals surface area contributed by atoms with Crippen molar-refractivity contribution < 1.29 is 26.9 Å². The number of carbonyl (C=O) groups excluding carboxylic acids is 2. The highest BCUT2D eigenvalue weighted by Crippen LogP contribution is 1.95. The lowest BCUT2D eigenvalue weighted by atomic mass is 10.3. The molecule has 0 amide bonds. The second-order valence-corrected chi connectivity index (χ2v) is 2.62. The summed E-state index contributed by atoms with van der Waals surface area (Å²) >= 11 is 0. The SMILES string of the molecule is CCOC(=O)CCC(=O)O[SH](=O)=O. The smallest absolute Gasteiger partial charge is 0.322 e. The van der Waals surface area contributed by atoms with E-state index in [1.165, 1.54) is 0 Å². The summed E-state index contributed by atoms with van der Waals surface area (Å²) in [6, 6.07) is 0. The average Bonchev–Trinajstić information content (AvgIpc) is 2.00. The van der Waals surface area contributed by atoms with Crippen LogP contribution in [0.25, 0.3) is 0 Å². The molecule has 0 radical (unpaired) electrons. The number of esters is 1. The Hall–Kier alpha value is -1.11. The summed E-state index contributed by atoms with van der Waals surface area (Å²) in [5.74, 6) is -1.51. The van der Waals surface area contributed by atoms with Crippen molar-refractivity contribution in [3.05, 3.63) is 0 Å². The summed E-state index contributed by atoms with van der Waals surface area (Å²) in [4.78, 5) is 21.2. The van der Waals surface area contributed by atoms with Crippen LogP contribution in [0.3, 0.4) is 0 Å². The van der Waals surface area contributed by atoms with Gasteiger partial charge < -0.3 is 8.92 Å². The number of hydrogen-bond acceptors (Lipinski definition) is 6. The Morgan fingerprint density at radius 3 is 2.15 bits per heavy atom. The van der Waals surface area contributed by atoms with E-state index in [2.05, 4.69) is 8.92 Å². The molecule has 0 saturated carbocycles. The van der Waals surface area contributed by atoms with Gasteiger partial charge in [-0.3, -0.25) is 9.59 Å². The Balaban J connectivity index is 3.63. The summed E-state index contributed by atoms with van der Waals surface area (Å²) < 4.78 is 28.0. The summed E-state index contributed by atoms with van der Waals surface area (Å²) in [5, 5.41) is 0. The van der Waals surface area contributed by atoms with Gasteiger partial charge in [0.15, 0.2) is 0 Å². The molecule has 0 bridgehead atoms. The topological polar surface area (TPSA) is 86.7 Å². The van der Waals surface area contributed by atoms with Gasteiger partial charge in [-0.15, -0.1) is 0 Å². The van der Waals surface area contributed by atoms with Crippen molar-refractivity contribution in [2.75, 3.05) is 6.61 Å². The third kappa shape index (κ3) is 7.26. The summed E-state index contributed by atoms with van der Waals surface area (Å²) in [5.41, 5.74) is 0. The zero-order chi connectivity index (χ0) is 10.3. The molecule has 0 aliphatic carbocycles. The van der Waals surface area contributed by atoms with Crippen LogP contribution in [-0.4, -0.2) is 27.0 Å². The third-order valence-corrected chi connectivity index (χ3v) is 1.37. The molecule has 6 nitrogen and oxygen atoms in total. The fourth-order valence-electron chi connectivity index (χ4n) is 0.566. The average molecular weight is 210 g/mol. The van der Waals surface area contributed by atoms with Crippen molar-refractivity contribution in [3.63, 3.8) is 0 Å². The molecule has 7 heteroatoms. The van der Waals surface area contributed by atoms with E-state index in [1.54, 1.807) is 6.92 Å². The van der Waals surface area contributed by atoms with Gasteiger partial charge in [-0.25, -0.2) is 0 Å². The van der Waals surface area contributed by atoms with Crippen molar-refractivity contribution in [2.24, 2.45) is 0 Å². The monoisotopic (exact) mass is 210 g/mol. The van der Waals surface area contributed by atoms with Crippen LogP contribution in [-0.2, 0) is 29.5 Å². The van der Waals surface area contributed by atoms with E-state index >= 15 is 0 Å². The molecule has 0 unspecified atom stereocenters. The highest BCUT2D eigenvalue weighted by atomic mass is 32.2. The van der Waals surface area contributed by atoms with E-state index < -0.39 is 22.9 Å². The first-order valence-corrected chi connectivity index (χ1v) is 4.66. The maximum Gasteiger partial charge on any atom is 0.322 e. The minimum absolute atomic E-state index is 0.171. The lowest BCUT2D eigenvalue weighted by Crippen LogP contribution is -2.09. The van der Waals surface area contributed by atoms with Crippen LogP contribution in [0.1, 0.15) is 19.8 Å². The number of thiol groups is 1. The predicted molar refractivity (Wildman–Crippen MR) is 42.3 cm³/mol. The van der Waals surface area contributed by atoms with Crippen LogP contribution >= 0.6 is 0 Å². The minimum Gasteiger partial charge on any atom is -0.466 e. The van der Waals surface area contributed by atoms with Gasteiger partial charge in [0, 0.05) is 0 Å². The van der Waals surface area contributed by atoms with E-state index in [4.69, 9.17) is 0 Å². The molecule has 0 aromatic carbocycles. The van der Waals surface area contributed by atoms with E-state index in [0.717, 1.165) is 0 Å². The Kier molecular flexibility index (Phi) is 5.86. The van der Waals surface area contributed by atoms with Crippen LogP contribution in [0.4, 0.5) is 0 Å². The Morgan fingerprint density at radius 1 is 1.15 bits per heavy atom. The number of ether oxygens (including phenoxy) is 1. The Morgan fingerprint density at radius 2 is 1.69 bits per heavy atom. The van der Waals surface area contributed by atoms with Crippen molar-refractivity contribution >= 4 is 22.9 Å². The van der Waals surface area contributed by atoms with Crippen LogP contribution in [0, 0.1) is 0 Å². The zero-order valence-electron chi connectivity index (χ0n) is 7.02. The lowest BCUT2D eigenvalue weighted by Gasteiger charge is -1.99. The summed E-state index contributed by atoms with van der Waals surface area (Å²) in [7, 11) is -3.18. The predicted octanol–water partition coefficient (Wildman–Crippen LogP) is -0.601. The van der Waals surface area contributed by atoms with E-state index in [-0.39, 0.29) is 19.4 Å². The molecular formula is C6H10O6S. The molecule has 0 aromatic heterocycles. The molecule has 0 saturated heterocycles. The largest absolute Gasteiger partial charge is 0.466 e. The van der Waals surface area contributed by atoms with Gasteiger partial charge in [0.2, 0.25) is 0 Å². The first-order chi connectivity index (χ1) is 6.06. The molecule has 0 N–H and O–H groups in total. The van der Waals surface area contributed by atoms with Gasteiger partial charge in [-0.05, 0) is 6.92 Å². The van der Waals surface area contributed by atoms with Gasteiger partial charge in [-0.2, -0.15) is 8.42 Å². The number of rotatable bonds is 5. The highest BCUT2D eigenvalue weighted by Gasteiger charge is 2.08. The first-order valence-electron chi connectivity index (χ1n) is 3.57. The number of hydrogen-bond donors (Lipinski definition) is 1. The van der Waals surface area contributed by atoms with Crippen molar-refractivity contribution in [1.82, 2.24) is 0 Å². The number of carbonyl (C=O) groups is 2. The molecule has 0 fully saturated rings. The highest BCUT2D eigenvalue weighted by molar-refractivity contribution is 7.67. The van der Waals surface area contributed by atoms with Gasteiger partial charge in [0.1, 0.15) is 0 Å². The Bertz CT molecular complexity index is 248. The summed E-state index contributed by atoms with van der Waals surface area (Å²) in [6.45, 7) is 1.86. The maximum atomic E-state index is 10.7. The molecule has 0 heterocycles. The minimum atomic E-state index is -3.18. The second kappa shape index (κ2) is 6.41. The van der Waals surface area contributed by atoms with Crippen LogP contribution in [0.2, 0.25) is 0 Å². The normalized spacial score (nSPS) is 9.69. The van der Waals surface area contributed by atoms with Crippen LogP contribution in [0.15, 0.2) is 0 Å². The van der Waals surface area contributed by atoms with Crippen LogP contribution in [0.5, 0.6) is 0 Å². The maximum absolute atomic E-state index is 10.7. The molecule has 0 aromatic rings. The molecule has 0 aliphatic rings. The van der Waals surface area contributed by atoms with Crippen LogP contribution < -0.4 is 0 Å². The van der Waals surface area contributed by atoms with E-state index in [1.807, 2.05) is 0 Å². The first kappa shape index (κ1) is 11.9. The van der Waals surface area contributed by atoms with Gasteiger partial charge >= 0.3 is 22.9 Å². The van der Waals surface area contributed by atoms with E-state index in [9.17, 15) is 18.0 Å². The molecule has 0 spiro atoms. The molecule has 76 valence electrons. The molecule has 0 atom stereocenters. The molecule has 0 rings (SSSR count). The third-order valence-electron chi connectivity index (χ3n) is 1.01. The van der Waals surface area contributed by atoms with Gasteiger partial charge in [0.05, 0.1) is 19.4 Å². The molecule has 13 heavy (non-hydrogen) atoms. The lowest BCUT2D eigenvalue weighted by molar-refractivity contribution is -0.146. The fourth-order valence-corrected chi connectivity index (χ4v) is 0.824. The van der Waals surface area contributed by atoms with Gasteiger partial charge in [0.25, 0.3) is 0 Å². The van der Waals surface area contributed by atoms with E-state index in [0.29, 0.717) is 0 Å². The molecular weight excluding hydrogens is 200 g/mol. The standard InChI is InChI=1S/C6H10O6S/c1-2-11-5(7)3-4-6(8)12-13(9)10/h13H,2-4H2,1H3. The van der Waals surface area contributed by atoms with Crippen molar-refractivity contribution in [3.8, 4) is 0 Å². The van der Waals surface area contributed by atoms with Gasteiger partial charge in [-0.1, -0.05) is 0 Å². The quantitative estimate of drug-likeness (QED) is 0.481. The second-order valence-electron chi connectivity index (χ2n) is 1.99. The molecule has 0 aliphatic heterocycles. The van der Waals surface area contributed by atoms with Crippen molar-refractivity contribution in [1.29, 1.82) is 0 Å². The zero-order valence-corrected chi connectivity index (χ0v) is 7.91. The Labute approximate surface area is 77.0 Å².